The first-order chi connectivity index (χ1) is 14.5. The van der Waals surface area contributed by atoms with E-state index < -0.39 is 20.6 Å². The van der Waals surface area contributed by atoms with Crippen molar-refractivity contribution < 1.29 is 8.99 Å². The highest BCUT2D eigenvalue weighted by atomic mass is 31.2. The number of benzene rings is 3. The summed E-state index contributed by atoms with van der Waals surface area (Å²) in [5, 5.41) is 0.318. The van der Waals surface area contributed by atoms with Crippen LogP contribution in [0.15, 0.2) is 96.5 Å². The van der Waals surface area contributed by atoms with Gasteiger partial charge >= 0.3 is 0 Å². The molecule has 0 heterocycles. The SMILES string of the molecule is CC(C)(C)P(=O)(C(O[Si](C)(C)C)=C(c1ccccc1)c1ccccc1)c1ccccc1. The zero-order chi connectivity index (χ0) is 22.7. The van der Waals surface area contributed by atoms with E-state index in [1.54, 1.807) is 0 Å². The largest absolute Gasteiger partial charge is 0.541 e. The summed E-state index contributed by atoms with van der Waals surface area (Å²) >= 11 is 0. The summed E-state index contributed by atoms with van der Waals surface area (Å²) in [6.07, 6.45) is 0. The summed E-state index contributed by atoms with van der Waals surface area (Å²) < 4.78 is 22.1. The highest BCUT2D eigenvalue weighted by Crippen LogP contribution is 2.65. The molecule has 31 heavy (non-hydrogen) atoms. The van der Waals surface area contributed by atoms with E-state index >= 15 is 4.57 Å². The second-order valence-electron chi connectivity index (χ2n) is 9.74. The molecule has 3 aromatic rings. The van der Waals surface area contributed by atoms with Crippen molar-refractivity contribution in [2.75, 3.05) is 0 Å². The van der Waals surface area contributed by atoms with Crippen molar-refractivity contribution >= 4 is 26.3 Å². The number of hydrogen-bond acceptors (Lipinski definition) is 2. The van der Waals surface area contributed by atoms with Crippen molar-refractivity contribution in [3.63, 3.8) is 0 Å². The molecule has 2 nitrogen and oxygen atoms in total. The summed E-state index contributed by atoms with van der Waals surface area (Å²) in [5.41, 5.74) is 3.58. The molecule has 0 fully saturated rings. The van der Waals surface area contributed by atoms with Gasteiger partial charge in [0.15, 0.2) is 12.6 Å². The minimum absolute atomic E-state index is 0.516. The highest BCUT2D eigenvalue weighted by Gasteiger charge is 2.46. The molecule has 0 radical (unpaired) electrons. The van der Waals surface area contributed by atoms with Gasteiger partial charge in [0, 0.05) is 16.0 Å². The Hall–Kier alpha value is -2.35. The summed E-state index contributed by atoms with van der Waals surface area (Å²) in [4.78, 5) is 0. The molecule has 0 bridgehead atoms. The smallest absolute Gasteiger partial charge is 0.242 e. The zero-order valence-electron chi connectivity index (χ0n) is 19.4. The van der Waals surface area contributed by atoms with Crippen molar-refractivity contribution in [3.8, 4) is 0 Å². The maximum Gasteiger partial charge on any atom is 0.242 e. The van der Waals surface area contributed by atoms with Gasteiger partial charge in [-0.25, -0.2) is 0 Å². The molecule has 0 saturated heterocycles. The van der Waals surface area contributed by atoms with E-state index in [0.29, 0.717) is 5.50 Å². The van der Waals surface area contributed by atoms with Crippen molar-refractivity contribution in [1.82, 2.24) is 0 Å². The minimum Gasteiger partial charge on any atom is -0.541 e. The minimum atomic E-state index is -3.16. The van der Waals surface area contributed by atoms with Crippen LogP contribution in [0.1, 0.15) is 31.9 Å². The van der Waals surface area contributed by atoms with Crippen LogP contribution >= 0.6 is 7.14 Å². The van der Waals surface area contributed by atoms with E-state index in [9.17, 15) is 0 Å². The quantitative estimate of drug-likeness (QED) is 0.219. The molecule has 0 N–H and O–H groups in total. The van der Waals surface area contributed by atoms with Gasteiger partial charge in [-0.05, 0) is 30.8 Å². The normalized spacial score (nSPS) is 13.9. The number of rotatable bonds is 6. The van der Waals surface area contributed by atoms with Crippen LogP contribution in [-0.4, -0.2) is 13.5 Å². The second-order valence-corrected chi connectivity index (χ2v) is 17.7. The molecular weight excluding hydrogens is 415 g/mol. The molecule has 0 aliphatic carbocycles. The van der Waals surface area contributed by atoms with Gasteiger partial charge < -0.3 is 8.99 Å². The molecule has 1 atom stereocenters. The Labute approximate surface area is 188 Å². The van der Waals surface area contributed by atoms with Crippen LogP contribution in [0.3, 0.4) is 0 Å². The topological polar surface area (TPSA) is 26.3 Å². The van der Waals surface area contributed by atoms with Gasteiger partial charge in [-0.1, -0.05) is 112 Å². The third kappa shape index (κ3) is 5.11. The summed E-state index contributed by atoms with van der Waals surface area (Å²) in [6, 6.07) is 30.3. The van der Waals surface area contributed by atoms with E-state index in [1.165, 1.54) is 0 Å². The fourth-order valence-electron chi connectivity index (χ4n) is 3.63. The van der Waals surface area contributed by atoms with Crippen LogP contribution in [0, 0.1) is 0 Å². The first-order valence-electron chi connectivity index (χ1n) is 10.7. The summed E-state index contributed by atoms with van der Waals surface area (Å²) in [7, 11) is -5.26. The molecule has 1 unspecified atom stereocenters. The van der Waals surface area contributed by atoms with Crippen LogP contribution in [0.25, 0.3) is 5.57 Å². The standard InChI is InChI=1S/C27H33O2PSi/c1-27(2,3)30(28,24-20-14-9-15-21-24)26(29-31(4,5)6)25(22-16-10-7-11-17-22)23-18-12-8-13-19-23/h7-21H,1-6H3. The molecule has 0 aromatic heterocycles. The van der Waals surface area contributed by atoms with Crippen LogP contribution in [0.2, 0.25) is 19.6 Å². The lowest BCUT2D eigenvalue weighted by molar-refractivity contribution is 0.444. The van der Waals surface area contributed by atoms with E-state index in [2.05, 4.69) is 64.7 Å². The monoisotopic (exact) mass is 448 g/mol. The second kappa shape index (κ2) is 9.02. The lowest BCUT2D eigenvalue weighted by Crippen LogP contribution is -2.32. The van der Waals surface area contributed by atoms with Crippen LogP contribution in [0.4, 0.5) is 0 Å². The fraction of sp³-hybridized carbons (Fsp3) is 0.259. The molecule has 3 aromatic carbocycles. The Kier molecular flexibility index (Phi) is 6.78. The van der Waals surface area contributed by atoms with Gasteiger partial charge in [-0.2, -0.15) is 0 Å². The first kappa shape index (κ1) is 23.3. The summed E-state index contributed by atoms with van der Waals surface area (Å²) in [6.45, 7) is 12.6. The van der Waals surface area contributed by atoms with Crippen molar-refractivity contribution in [3.05, 3.63) is 108 Å². The lowest BCUT2D eigenvalue weighted by Gasteiger charge is -2.38. The van der Waals surface area contributed by atoms with Crippen LogP contribution in [-0.2, 0) is 8.99 Å². The van der Waals surface area contributed by atoms with Gasteiger partial charge in [0.1, 0.15) is 0 Å². The van der Waals surface area contributed by atoms with Gasteiger partial charge in [0.25, 0.3) is 0 Å². The van der Waals surface area contributed by atoms with Crippen LogP contribution in [0.5, 0.6) is 0 Å². The third-order valence-electron chi connectivity index (χ3n) is 5.09. The van der Waals surface area contributed by atoms with E-state index in [0.717, 1.165) is 22.0 Å². The maximum absolute atomic E-state index is 15.2. The van der Waals surface area contributed by atoms with Crippen molar-refractivity contribution in [1.29, 1.82) is 0 Å². The van der Waals surface area contributed by atoms with E-state index in [1.807, 2.05) is 66.7 Å². The Morgan fingerprint density at radius 2 is 1.10 bits per heavy atom. The van der Waals surface area contributed by atoms with E-state index in [-0.39, 0.29) is 0 Å². The van der Waals surface area contributed by atoms with E-state index in [4.69, 9.17) is 4.43 Å². The molecule has 3 rings (SSSR count). The molecule has 0 aliphatic heterocycles. The van der Waals surface area contributed by atoms with Crippen LogP contribution < -0.4 is 5.30 Å². The molecular formula is C27H33O2PSi. The van der Waals surface area contributed by atoms with Crippen molar-refractivity contribution in [2.24, 2.45) is 0 Å². The van der Waals surface area contributed by atoms with Gasteiger partial charge in [-0.15, -0.1) is 0 Å². The highest BCUT2D eigenvalue weighted by molar-refractivity contribution is 7.77. The lowest BCUT2D eigenvalue weighted by atomic mass is 9.99. The molecule has 0 amide bonds. The fourth-order valence-corrected chi connectivity index (χ4v) is 8.43. The summed E-state index contributed by atoms with van der Waals surface area (Å²) in [5.74, 6) is 0. The van der Waals surface area contributed by atoms with Gasteiger partial charge in [-0.3, -0.25) is 0 Å². The van der Waals surface area contributed by atoms with Gasteiger partial charge in [0.2, 0.25) is 8.32 Å². The van der Waals surface area contributed by atoms with Crippen molar-refractivity contribution in [2.45, 2.75) is 45.6 Å². The first-order valence-corrected chi connectivity index (χ1v) is 15.9. The zero-order valence-corrected chi connectivity index (χ0v) is 21.3. The van der Waals surface area contributed by atoms with Gasteiger partial charge in [0.05, 0.1) is 0 Å². The third-order valence-corrected chi connectivity index (χ3v) is 9.88. The number of hydrogen-bond donors (Lipinski definition) is 0. The molecule has 4 heteroatoms. The Bertz CT molecular complexity index is 1040. The maximum atomic E-state index is 15.2. The Morgan fingerprint density at radius 1 is 0.710 bits per heavy atom. The average molecular weight is 449 g/mol. The predicted molar refractivity (Wildman–Crippen MR) is 137 cm³/mol. The average Bonchev–Trinajstić information content (AvgIpc) is 2.73. The molecule has 0 aliphatic rings. The Morgan fingerprint density at radius 3 is 1.45 bits per heavy atom. The molecule has 0 saturated carbocycles. The predicted octanol–water partition coefficient (Wildman–Crippen LogP) is 7.74. The molecule has 0 spiro atoms. The molecule has 162 valence electrons. The Balaban J connectivity index is 2.50.